The molecule has 1 aliphatic heterocycles. The van der Waals surface area contributed by atoms with E-state index in [-0.39, 0.29) is 37.7 Å². The van der Waals surface area contributed by atoms with Crippen LogP contribution in [0.1, 0.15) is 30.8 Å². The predicted molar refractivity (Wildman–Crippen MR) is 104 cm³/mol. The number of pyridine rings is 1. The van der Waals surface area contributed by atoms with Crippen LogP contribution >= 0.6 is 0 Å². The molecule has 0 aromatic carbocycles. The van der Waals surface area contributed by atoms with E-state index in [9.17, 15) is 23.2 Å². The van der Waals surface area contributed by atoms with Crippen LogP contribution in [0.4, 0.5) is 18.9 Å². The third-order valence-corrected chi connectivity index (χ3v) is 5.10. The summed E-state index contributed by atoms with van der Waals surface area (Å²) in [7, 11) is 1.50. The first-order chi connectivity index (χ1) is 13.7. The fraction of sp³-hybridized carbons (Fsp3) is 0.579. The molecular weight excluding hydrogens is 385 g/mol. The van der Waals surface area contributed by atoms with Crippen molar-refractivity contribution in [3.63, 3.8) is 0 Å². The zero-order valence-corrected chi connectivity index (χ0v) is 16.7. The Bertz CT molecular complexity index is 774. The lowest BCUT2D eigenvalue weighted by Crippen LogP contribution is -2.65. The molecule has 0 aliphatic carbocycles. The van der Waals surface area contributed by atoms with Gasteiger partial charge in [-0.2, -0.15) is 18.4 Å². The van der Waals surface area contributed by atoms with Crippen LogP contribution in [0, 0.1) is 11.3 Å². The summed E-state index contributed by atoms with van der Waals surface area (Å²) in [5, 5.41) is 11.7. The average Bonchev–Trinajstić information content (AvgIpc) is 2.71. The number of nitrogens with one attached hydrogen (secondary N) is 1. The van der Waals surface area contributed by atoms with E-state index in [1.54, 1.807) is 19.1 Å². The van der Waals surface area contributed by atoms with Gasteiger partial charge in [0.2, 0.25) is 0 Å². The van der Waals surface area contributed by atoms with Gasteiger partial charge in [0.05, 0.1) is 30.4 Å². The average molecular weight is 410 g/mol. The van der Waals surface area contributed by atoms with E-state index in [1.807, 2.05) is 4.90 Å². The number of aromatic nitrogens is 1. The molecule has 10 heteroatoms. The summed E-state index contributed by atoms with van der Waals surface area (Å²) in [6.45, 7) is 3.54. The Morgan fingerprint density at radius 2 is 2.17 bits per heavy atom. The van der Waals surface area contributed by atoms with Crippen LogP contribution in [0.25, 0.3) is 0 Å². The lowest BCUT2D eigenvalue weighted by Gasteiger charge is -2.48. The SMILES string of the molecule is CCN=CC(C)(N1CCN(c2ccc(C(=O)NC)nc2)C(CC#N)C1)C(F)(F)F. The second-order valence-electron chi connectivity index (χ2n) is 6.91. The number of hydrogen-bond donors (Lipinski definition) is 1. The van der Waals surface area contributed by atoms with Gasteiger partial charge in [0.15, 0.2) is 0 Å². The van der Waals surface area contributed by atoms with Crippen molar-refractivity contribution in [1.82, 2.24) is 15.2 Å². The van der Waals surface area contributed by atoms with Crippen LogP contribution in [0.2, 0.25) is 0 Å². The Morgan fingerprint density at radius 1 is 1.45 bits per heavy atom. The number of halogens is 3. The lowest BCUT2D eigenvalue weighted by atomic mass is 9.96. The highest BCUT2D eigenvalue weighted by atomic mass is 19.4. The molecule has 2 rings (SSSR count). The molecule has 0 radical (unpaired) electrons. The second-order valence-corrected chi connectivity index (χ2v) is 6.91. The molecule has 1 aromatic heterocycles. The van der Waals surface area contributed by atoms with Crippen LogP contribution in [-0.2, 0) is 0 Å². The molecule has 0 bridgehead atoms. The van der Waals surface area contributed by atoms with E-state index in [4.69, 9.17) is 0 Å². The van der Waals surface area contributed by atoms with Crippen LogP contribution in [0.5, 0.6) is 0 Å². The number of rotatable bonds is 6. The first-order valence-electron chi connectivity index (χ1n) is 9.32. The zero-order chi connectivity index (χ0) is 21.7. The van der Waals surface area contributed by atoms with Crippen LogP contribution in [-0.4, -0.2) is 73.0 Å². The number of nitrogens with zero attached hydrogens (tertiary/aromatic N) is 5. The van der Waals surface area contributed by atoms with Crippen molar-refractivity contribution in [1.29, 1.82) is 5.26 Å². The van der Waals surface area contributed by atoms with E-state index in [1.165, 1.54) is 18.1 Å². The Balaban J connectivity index is 2.28. The minimum Gasteiger partial charge on any atom is -0.364 e. The molecule has 1 N–H and O–H groups in total. The first-order valence-corrected chi connectivity index (χ1v) is 9.32. The Labute approximate surface area is 168 Å². The minimum absolute atomic E-state index is 0.0521. The minimum atomic E-state index is -4.50. The van der Waals surface area contributed by atoms with Crippen molar-refractivity contribution >= 4 is 17.8 Å². The van der Waals surface area contributed by atoms with Crippen LogP contribution in [0.3, 0.4) is 0 Å². The summed E-state index contributed by atoms with van der Waals surface area (Å²) in [6, 6.07) is 4.86. The summed E-state index contributed by atoms with van der Waals surface area (Å²) in [6.07, 6.45) is -1.97. The number of carbonyl (C=O) groups excluding carboxylic acids is 1. The fourth-order valence-corrected chi connectivity index (χ4v) is 3.32. The van der Waals surface area contributed by atoms with Gasteiger partial charge in [-0.05, 0) is 26.0 Å². The molecule has 1 fully saturated rings. The van der Waals surface area contributed by atoms with Gasteiger partial charge in [-0.25, -0.2) is 4.98 Å². The lowest BCUT2D eigenvalue weighted by molar-refractivity contribution is -0.201. The van der Waals surface area contributed by atoms with E-state index in [2.05, 4.69) is 21.4 Å². The van der Waals surface area contributed by atoms with Gasteiger partial charge in [-0.1, -0.05) is 0 Å². The molecule has 2 unspecified atom stereocenters. The zero-order valence-electron chi connectivity index (χ0n) is 16.7. The summed E-state index contributed by atoms with van der Waals surface area (Å²) in [4.78, 5) is 22.8. The van der Waals surface area contributed by atoms with Gasteiger partial charge in [0.1, 0.15) is 11.2 Å². The Hall–Kier alpha value is -2.67. The number of alkyl halides is 3. The van der Waals surface area contributed by atoms with Crippen molar-refractivity contribution in [2.24, 2.45) is 4.99 Å². The highest BCUT2D eigenvalue weighted by Crippen LogP contribution is 2.36. The molecule has 1 amide bonds. The molecular formula is C19H25F3N6O. The summed E-state index contributed by atoms with van der Waals surface area (Å²) in [5.74, 6) is -0.328. The van der Waals surface area contributed by atoms with E-state index in [0.29, 0.717) is 12.2 Å². The molecule has 29 heavy (non-hydrogen) atoms. The third-order valence-electron chi connectivity index (χ3n) is 5.10. The molecule has 2 heterocycles. The molecule has 0 saturated carbocycles. The number of anilines is 1. The molecule has 158 valence electrons. The van der Waals surface area contributed by atoms with Crippen molar-refractivity contribution < 1.29 is 18.0 Å². The van der Waals surface area contributed by atoms with E-state index >= 15 is 0 Å². The number of hydrogen-bond acceptors (Lipinski definition) is 6. The molecule has 1 aliphatic rings. The molecule has 1 saturated heterocycles. The van der Waals surface area contributed by atoms with Crippen molar-refractivity contribution in [2.45, 2.75) is 38.0 Å². The maximum Gasteiger partial charge on any atom is 0.411 e. The number of amides is 1. The highest BCUT2D eigenvalue weighted by molar-refractivity contribution is 5.92. The third kappa shape index (κ3) is 4.85. The predicted octanol–water partition coefficient (Wildman–Crippen LogP) is 2.26. The first kappa shape index (κ1) is 22.6. The molecule has 1 aromatic rings. The number of aliphatic imine (C=N–C) groups is 1. The van der Waals surface area contributed by atoms with E-state index in [0.717, 1.165) is 13.1 Å². The number of nitriles is 1. The summed E-state index contributed by atoms with van der Waals surface area (Å²) >= 11 is 0. The van der Waals surface area contributed by atoms with Gasteiger partial charge in [0, 0.05) is 39.4 Å². The largest absolute Gasteiger partial charge is 0.411 e. The maximum atomic E-state index is 13.8. The van der Waals surface area contributed by atoms with Crippen molar-refractivity contribution in [3.05, 3.63) is 24.0 Å². The van der Waals surface area contributed by atoms with Gasteiger partial charge in [0.25, 0.3) is 5.91 Å². The number of carbonyl (C=O) groups is 1. The second kappa shape index (κ2) is 9.22. The van der Waals surface area contributed by atoms with Crippen molar-refractivity contribution in [2.75, 3.05) is 38.1 Å². The summed E-state index contributed by atoms with van der Waals surface area (Å²) < 4.78 is 41.5. The maximum absolute atomic E-state index is 13.8. The summed E-state index contributed by atoms with van der Waals surface area (Å²) in [5.41, 5.74) is -1.30. The number of piperazine rings is 1. The van der Waals surface area contributed by atoms with Gasteiger partial charge in [-0.3, -0.25) is 14.7 Å². The quantitative estimate of drug-likeness (QED) is 0.728. The standard InChI is InChI=1S/C19H25F3N6O/c1-4-25-13-18(2,19(20,21)22)27-9-10-28(15(12-27)7-8-23)14-5-6-16(26-11-14)17(29)24-3/h5-6,11,13,15H,4,7,9-10,12H2,1-3H3,(H,24,29). The van der Waals surface area contributed by atoms with Gasteiger partial charge < -0.3 is 10.2 Å². The Kier molecular flexibility index (Phi) is 7.19. The highest BCUT2D eigenvalue weighted by Gasteiger charge is 2.55. The topological polar surface area (TPSA) is 84.6 Å². The monoisotopic (exact) mass is 410 g/mol. The molecule has 0 spiro atoms. The normalized spacial score (nSPS) is 20.3. The Morgan fingerprint density at radius 3 is 2.69 bits per heavy atom. The van der Waals surface area contributed by atoms with Gasteiger partial charge >= 0.3 is 6.18 Å². The fourth-order valence-electron chi connectivity index (χ4n) is 3.32. The van der Waals surface area contributed by atoms with E-state index < -0.39 is 17.8 Å². The van der Waals surface area contributed by atoms with Gasteiger partial charge in [-0.15, -0.1) is 0 Å². The smallest absolute Gasteiger partial charge is 0.364 e. The molecule has 2 atom stereocenters. The molecule has 7 nitrogen and oxygen atoms in total. The van der Waals surface area contributed by atoms with Crippen LogP contribution in [0.15, 0.2) is 23.3 Å². The van der Waals surface area contributed by atoms with Crippen molar-refractivity contribution in [3.8, 4) is 6.07 Å². The van der Waals surface area contributed by atoms with Crippen LogP contribution < -0.4 is 10.2 Å².